The average Bonchev–Trinajstić information content (AvgIpc) is 2.64. The van der Waals surface area contributed by atoms with Crippen molar-refractivity contribution in [2.75, 3.05) is 39.3 Å². The number of carboxylic acids is 1. The molecule has 0 spiro atoms. The topological polar surface area (TPSA) is 82.1 Å². The summed E-state index contributed by atoms with van der Waals surface area (Å²) < 4.78 is 5.90. The highest BCUT2D eigenvalue weighted by Crippen LogP contribution is 2.20. The first-order valence-electron chi connectivity index (χ1n) is 9.59. The van der Waals surface area contributed by atoms with Gasteiger partial charge >= 0.3 is 12.0 Å². The molecule has 1 aliphatic rings. The third kappa shape index (κ3) is 7.20. The van der Waals surface area contributed by atoms with Crippen LogP contribution >= 0.6 is 12.4 Å². The van der Waals surface area contributed by atoms with E-state index < -0.39 is 5.97 Å². The number of ether oxygens (including phenoxy) is 1. The Kier molecular flexibility index (Phi) is 10.1. The van der Waals surface area contributed by atoms with Gasteiger partial charge in [-0.05, 0) is 50.8 Å². The largest absolute Gasteiger partial charge is 0.492 e. The van der Waals surface area contributed by atoms with Crippen molar-refractivity contribution < 1.29 is 19.4 Å². The number of likely N-dealkylation sites (tertiary alicyclic amines) is 1. The van der Waals surface area contributed by atoms with Gasteiger partial charge in [0.2, 0.25) is 0 Å². The standard InChI is InChI=1S/C20H31N3O4.ClH/c1-4-21-20(26)22-9-7-17(8-10-22)23(14-19(24)25)11-12-27-18-13-15(2)5-6-16(18)3;/h5-6,13,17H,4,7-12,14H2,1-3H3,(H,21,26)(H,24,25);1H. The molecule has 0 saturated carbocycles. The van der Waals surface area contributed by atoms with Crippen LogP contribution in [0, 0.1) is 13.8 Å². The van der Waals surface area contributed by atoms with E-state index in [0.717, 1.165) is 29.7 Å². The summed E-state index contributed by atoms with van der Waals surface area (Å²) in [6.07, 6.45) is 1.54. The molecule has 1 fully saturated rings. The van der Waals surface area contributed by atoms with E-state index in [2.05, 4.69) is 5.32 Å². The molecular formula is C20H32ClN3O4. The maximum absolute atomic E-state index is 11.9. The van der Waals surface area contributed by atoms with Gasteiger partial charge in [-0.1, -0.05) is 12.1 Å². The number of carbonyl (C=O) groups is 2. The Morgan fingerprint density at radius 1 is 1.29 bits per heavy atom. The van der Waals surface area contributed by atoms with Gasteiger partial charge in [-0.25, -0.2) is 4.79 Å². The third-order valence-electron chi connectivity index (χ3n) is 4.91. The molecule has 1 aromatic carbocycles. The zero-order valence-corrected chi connectivity index (χ0v) is 17.8. The van der Waals surface area contributed by atoms with E-state index in [1.54, 1.807) is 4.90 Å². The molecule has 158 valence electrons. The molecule has 1 aliphatic heterocycles. The number of carbonyl (C=O) groups excluding carboxylic acids is 1. The first-order chi connectivity index (χ1) is 12.9. The van der Waals surface area contributed by atoms with E-state index in [1.165, 1.54) is 0 Å². The van der Waals surface area contributed by atoms with Gasteiger partial charge in [0.25, 0.3) is 0 Å². The van der Waals surface area contributed by atoms with Crippen molar-refractivity contribution in [3.05, 3.63) is 29.3 Å². The summed E-state index contributed by atoms with van der Waals surface area (Å²) >= 11 is 0. The number of piperidine rings is 1. The molecule has 1 aromatic rings. The number of halogens is 1. The van der Waals surface area contributed by atoms with Gasteiger partial charge in [0, 0.05) is 32.2 Å². The number of nitrogens with one attached hydrogen (secondary N) is 1. The van der Waals surface area contributed by atoms with Crippen LogP contribution in [0.5, 0.6) is 5.75 Å². The first-order valence-corrected chi connectivity index (χ1v) is 9.59. The maximum Gasteiger partial charge on any atom is 0.317 e. The molecular weight excluding hydrogens is 382 g/mol. The molecule has 0 unspecified atom stereocenters. The highest BCUT2D eigenvalue weighted by atomic mass is 35.5. The van der Waals surface area contributed by atoms with Crippen LogP contribution in [-0.2, 0) is 4.79 Å². The maximum atomic E-state index is 11.9. The van der Waals surface area contributed by atoms with Gasteiger partial charge in [-0.2, -0.15) is 0 Å². The number of benzene rings is 1. The molecule has 2 N–H and O–H groups in total. The highest BCUT2D eigenvalue weighted by molar-refractivity contribution is 5.85. The number of aliphatic carboxylic acids is 1. The Balaban J connectivity index is 0.00000392. The predicted molar refractivity (Wildman–Crippen MR) is 112 cm³/mol. The smallest absolute Gasteiger partial charge is 0.317 e. The van der Waals surface area contributed by atoms with E-state index in [4.69, 9.17) is 4.74 Å². The summed E-state index contributed by atoms with van der Waals surface area (Å²) in [6.45, 7) is 8.79. The van der Waals surface area contributed by atoms with Crippen LogP contribution in [-0.4, -0.2) is 72.3 Å². The Morgan fingerprint density at radius 3 is 2.57 bits per heavy atom. The first kappa shape index (κ1) is 24.0. The molecule has 28 heavy (non-hydrogen) atoms. The van der Waals surface area contributed by atoms with E-state index in [9.17, 15) is 14.7 Å². The van der Waals surface area contributed by atoms with Crippen LogP contribution in [0.2, 0.25) is 0 Å². The molecule has 1 heterocycles. The second-order valence-electron chi connectivity index (χ2n) is 7.04. The van der Waals surface area contributed by atoms with Crippen molar-refractivity contribution in [1.29, 1.82) is 0 Å². The fourth-order valence-electron chi connectivity index (χ4n) is 3.40. The van der Waals surface area contributed by atoms with Gasteiger partial charge in [-0.3, -0.25) is 9.69 Å². The zero-order valence-electron chi connectivity index (χ0n) is 16.9. The van der Waals surface area contributed by atoms with Crippen LogP contribution in [0.1, 0.15) is 30.9 Å². The Labute approximate surface area is 173 Å². The quantitative estimate of drug-likeness (QED) is 0.684. The number of urea groups is 1. The van der Waals surface area contributed by atoms with Gasteiger partial charge < -0.3 is 20.1 Å². The fourth-order valence-corrected chi connectivity index (χ4v) is 3.40. The van der Waals surface area contributed by atoms with Crippen molar-refractivity contribution in [2.24, 2.45) is 0 Å². The molecule has 2 rings (SSSR count). The van der Waals surface area contributed by atoms with Gasteiger partial charge in [-0.15, -0.1) is 12.4 Å². The van der Waals surface area contributed by atoms with Crippen molar-refractivity contribution in [2.45, 2.75) is 39.7 Å². The molecule has 0 aliphatic carbocycles. The number of hydrogen-bond acceptors (Lipinski definition) is 4. The number of aryl methyl sites for hydroxylation is 2. The fraction of sp³-hybridized carbons (Fsp3) is 0.600. The molecule has 0 aromatic heterocycles. The summed E-state index contributed by atoms with van der Waals surface area (Å²) in [4.78, 5) is 27.0. The summed E-state index contributed by atoms with van der Waals surface area (Å²) in [5.41, 5.74) is 2.20. The normalized spacial score (nSPS) is 14.5. The molecule has 1 saturated heterocycles. The summed E-state index contributed by atoms with van der Waals surface area (Å²) in [6, 6.07) is 6.17. The number of amides is 2. The summed E-state index contributed by atoms with van der Waals surface area (Å²) in [7, 11) is 0. The van der Waals surface area contributed by atoms with Crippen LogP contribution in [0.25, 0.3) is 0 Å². The number of hydrogen-bond donors (Lipinski definition) is 2. The summed E-state index contributed by atoms with van der Waals surface area (Å²) in [5.74, 6) is 0.00391. The van der Waals surface area contributed by atoms with Crippen molar-refractivity contribution in [3.8, 4) is 5.75 Å². The SMILES string of the molecule is CCNC(=O)N1CCC(N(CCOc2cc(C)ccc2C)CC(=O)O)CC1.Cl. The molecule has 7 nitrogen and oxygen atoms in total. The molecule has 2 amide bonds. The van der Waals surface area contributed by atoms with Gasteiger partial charge in [0.05, 0.1) is 6.54 Å². The molecule has 0 radical (unpaired) electrons. The van der Waals surface area contributed by atoms with E-state index >= 15 is 0 Å². The predicted octanol–water partition coefficient (Wildman–Crippen LogP) is 2.68. The van der Waals surface area contributed by atoms with Crippen molar-refractivity contribution in [1.82, 2.24) is 15.1 Å². The Hall–Kier alpha value is -1.99. The number of rotatable bonds is 8. The van der Waals surface area contributed by atoms with Crippen LogP contribution in [0.3, 0.4) is 0 Å². The molecule has 0 bridgehead atoms. The highest BCUT2D eigenvalue weighted by Gasteiger charge is 2.27. The zero-order chi connectivity index (χ0) is 19.8. The minimum atomic E-state index is -0.840. The number of nitrogens with zero attached hydrogens (tertiary/aromatic N) is 2. The lowest BCUT2D eigenvalue weighted by molar-refractivity contribution is -0.139. The number of carboxylic acid groups (broad SMARTS) is 1. The summed E-state index contributed by atoms with van der Waals surface area (Å²) in [5, 5.41) is 12.1. The minimum absolute atomic E-state index is 0. The lowest BCUT2D eigenvalue weighted by atomic mass is 10.0. The Bertz CT molecular complexity index is 648. The third-order valence-corrected chi connectivity index (χ3v) is 4.91. The van der Waals surface area contributed by atoms with Crippen molar-refractivity contribution >= 4 is 24.4 Å². The van der Waals surface area contributed by atoms with E-state index in [0.29, 0.717) is 32.8 Å². The molecule has 0 atom stereocenters. The van der Waals surface area contributed by atoms with E-state index in [1.807, 2.05) is 43.9 Å². The monoisotopic (exact) mass is 413 g/mol. The van der Waals surface area contributed by atoms with E-state index in [-0.39, 0.29) is 31.0 Å². The van der Waals surface area contributed by atoms with Crippen LogP contribution < -0.4 is 10.1 Å². The van der Waals surface area contributed by atoms with Gasteiger partial charge in [0.15, 0.2) is 0 Å². The molecule has 8 heteroatoms. The lowest BCUT2D eigenvalue weighted by Crippen LogP contribution is -2.51. The van der Waals surface area contributed by atoms with Crippen LogP contribution in [0.15, 0.2) is 18.2 Å². The second kappa shape index (κ2) is 11.8. The Morgan fingerprint density at radius 2 is 1.96 bits per heavy atom. The lowest BCUT2D eigenvalue weighted by Gasteiger charge is -2.37. The minimum Gasteiger partial charge on any atom is -0.492 e. The van der Waals surface area contributed by atoms with Crippen LogP contribution in [0.4, 0.5) is 4.79 Å². The second-order valence-corrected chi connectivity index (χ2v) is 7.04. The van der Waals surface area contributed by atoms with Gasteiger partial charge in [0.1, 0.15) is 12.4 Å². The van der Waals surface area contributed by atoms with Crippen molar-refractivity contribution in [3.63, 3.8) is 0 Å². The average molecular weight is 414 g/mol.